The molecule has 4 fully saturated rings. The minimum atomic E-state index is -0.498. The molecule has 3 N–H and O–H groups in total. The summed E-state index contributed by atoms with van der Waals surface area (Å²) in [7, 11) is 0. The molecule has 0 aliphatic heterocycles. The molecule has 3 aromatic rings. The largest absolute Gasteiger partial charge is 0.440 e. The van der Waals surface area contributed by atoms with E-state index in [1.54, 1.807) is 0 Å². The molecule has 32 heavy (non-hydrogen) atoms. The Labute approximate surface area is 187 Å². The van der Waals surface area contributed by atoms with Gasteiger partial charge in [0.2, 0.25) is 11.3 Å². The van der Waals surface area contributed by atoms with E-state index in [-0.39, 0.29) is 22.3 Å². The van der Waals surface area contributed by atoms with Crippen LogP contribution >= 0.6 is 0 Å². The summed E-state index contributed by atoms with van der Waals surface area (Å²) >= 11 is 0. The van der Waals surface area contributed by atoms with Crippen molar-refractivity contribution in [1.82, 2.24) is 5.32 Å². The Balaban J connectivity index is 1.36. The smallest absolute Gasteiger partial charge is 0.261 e. The van der Waals surface area contributed by atoms with Crippen LogP contribution in [-0.4, -0.2) is 5.91 Å². The maximum atomic E-state index is 13.4. The average molecular weight is 429 g/mol. The molecule has 0 radical (unpaired) electrons. The predicted molar refractivity (Wildman–Crippen MR) is 124 cm³/mol. The Bertz CT molecular complexity index is 1230. The fourth-order valence-electron chi connectivity index (χ4n) is 7.09. The van der Waals surface area contributed by atoms with Gasteiger partial charge < -0.3 is 15.5 Å². The van der Waals surface area contributed by atoms with Crippen molar-refractivity contribution in [2.45, 2.75) is 50.5 Å². The molecule has 1 aromatic heterocycles. The Morgan fingerprint density at radius 2 is 1.66 bits per heavy atom. The number of carbonyl (C=O) groups is 1. The van der Waals surface area contributed by atoms with Crippen LogP contribution in [-0.2, 0) is 12.0 Å². The summed E-state index contributed by atoms with van der Waals surface area (Å²) in [5, 5.41) is 3.26. The molecule has 0 spiro atoms. The highest BCUT2D eigenvalue weighted by atomic mass is 16.3. The zero-order valence-corrected chi connectivity index (χ0v) is 18.1. The average Bonchev–Trinajstić information content (AvgIpc) is 2.77. The second-order valence-electron chi connectivity index (χ2n) is 10.2. The van der Waals surface area contributed by atoms with Gasteiger partial charge in [-0.1, -0.05) is 36.4 Å². The van der Waals surface area contributed by atoms with Crippen molar-refractivity contribution in [3.63, 3.8) is 0 Å². The van der Waals surface area contributed by atoms with E-state index in [0.29, 0.717) is 17.5 Å². The number of fused-ring (bicyclic) bond motifs is 1. The van der Waals surface area contributed by atoms with Crippen LogP contribution in [0.4, 0.5) is 5.88 Å². The van der Waals surface area contributed by atoms with Crippen LogP contribution in [0.15, 0.2) is 57.7 Å². The standard InChI is InChI=1S/C27H28N2O3/c28-25-23(26(31)29-15-16-4-2-1-3-5-16)24(30)21-11-20(6-7-22(21)32-25)27-12-17-8-18(13-27)10-19(9-17)14-27/h1-7,11,17-19H,8-10,12-15,28H2,(H,29,31). The van der Waals surface area contributed by atoms with Gasteiger partial charge in [0.05, 0.1) is 5.39 Å². The molecule has 164 valence electrons. The molecule has 5 heteroatoms. The monoisotopic (exact) mass is 428 g/mol. The Hall–Kier alpha value is -3.08. The molecular formula is C27H28N2O3. The number of hydrogen-bond donors (Lipinski definition) is 2. The molecule has 4 aliphatic rings. The number of carbonyl (C=O) groups excluding carboxylic acids is 1. The summed E-state index contributed by atoms with van der Waals surface area (Å²) in [4.78, 5) is 26.2. The van der Waals surface area contributed by atoms with E-state index in [4.69, 9.17) is 10.2 Å². The van der Waals surface area contributed by atoms with Gasteiger partial charge >= 0.3 is 0 Å². The highest BCUT2D eigenvalue weighted by Crippen LogP contribution is 2.60. The van der Waals surface area contributed by atoms with Crippen molar-refractivity contribution in [2.75, 3.05) is 5.73 Å². The minimum absolute atomic E-state index is 0.101. The zero-order chi connectivity index (χ0) is 21.9. The van der Waals surface area contributed by atoms with Gasteiger partial charge in [0.25, 0.3) is 5.91 Å². The van der Waals surface area contributed by atoms with Crippen molar-refractivity contribution in [1.29, 1.82) is 0 Å². The summed E-state index contributed by atoms with van der Waals surface area (Å²) in [6.07, 6.45) is 7.77. The number of nitrogen functional groups attached to an aromatic ring is 1. The van der Waals surface area contributed by atoms with Crippen LogP contribution in [0, 0.1) is 17.8 Å². The minimum Gasteiger partial charge on any atom is -0.440 e. The lowest BCUT2D eigenvalue weighted by atomic mass is 9.48. The topological polar surface area (TPSA) is 85.3 Å². The van der Waals surface area contributed by atoms with Gasteiger partial charge in [-0.3, -0.25) is 9.59 Å². The van der Waals surface area contributed by atoms with E-state index in [2.05, 4.69) is 11.4 Å². The third-order valence-corrected chi connectivity index (χ3v) is 8.09. The quantitative estimate of drug-likeness (QED) is 0.627. The van der Waals surface area contributed by atoms with Gasteiger partial charge in [-0.2, -0.15) is 0 Å². The summed E-state index contributed by atoms with van der Waals surface area (Å²) in [5.41, 5.74) is 8.37. The molecule has 0 saturated heterocycles. The summed E-state index contributed by atoms with van der Waals surface area (Å²) in [6, 6.07) is 15.6. The first kappa shape index (κ1) is 19.6. The third-order valence-electron chi connectivity index (χ3n) is 8.09. The molecule has 5 nitrogen and oxygen atoms in total. The number of benzene rings is 2. The number of rotatable bonds is 4. The van der Waals surface area contributed by atoms with E-state index >= 15 is 0 Å². The van der Waals surface area contributed by atoms with Crippen molar-refractivity contribution in [2.24, 2.45) is 17.8 Å². The maximum absolute atomic E-state index is 13.4. The lowest BCUT2D eigenvalue weighted by Gasteiger charge is -2.57. The van der Waals surface area contributed by atoms with E-state index in [0.717, 1.165) is 23.3 Å². The number of hydrogen-bond acceptors (Lipinski definition) is 4. The molecule has 0 atom stereocenters. The molecule has 4 aliphatic carbocycles. The van der Waals surface area contributed by atoms with Crippen molar-refractivity contribution < 1.29 is 9.21 Å². The van der Waals surface area contributed by atoms with E-state index in [1.165, 1.54) is 44.1 Å². The van der Waals surface area contributed by atoms with Crippen LogP contribution < -0.4 is 16.5 Å². The van der Waals surface area contributed by atoms with Gasteiger partial charge in [0, 0.05) is 6.54 Å². The molecule has 1 amide bonds. The lowest BCUT2D eigenvalue weighted by Crippen LogP contribution is -2.48. The first-order valence-corrected chi connectivity index (χ1v) is 11.7. The second-order valence-corrected chi connectivity index (χ2v) is 10.2. The van der Waals surface area contributed by atoms with Crippen LogP contribution in [0.3, 0.4) is 0 Å². The van der Waals surface area contributed by atoms with Crippen molar-refractivity contribution >= 4 is 22.8 Å². The van der Waals surface area contributed by atoms with Gasteiger partial charge in [-0.25, -0.2) is 0 Å². The molecule has 4 bridgehead atoms. The molecular weight excluding hydrogens is 400 g/mol. The molecule has 7 rings (SSSR count). The SMILES string of the molecule is Nc1oc2ccc(C34CC5CC(CC(C5)C3)C4)cc2c(=O)c1C(=O)NCc1ccccc1. The fourth-order valence-corrected chi connectivity index (χ4v) is 7.09. The second kappa shape index (κ2) is 7.22. The first-order chi connectivity index (χ1) is 15.5. The van der Waals surface area contributed by atoms with E-state index < -0.39 is 5.91 Å². The molecule has 0 unspecified atom stereocenters. The van der Waals surface area contributed by atoms with E-state index in [9.17, 15) is 9.59 Å². The van der Waals surface area contributed by atoms with Crippen LogP contribution in [0.5, 0.6) is 0 Å². The number of nitrogens with two attached hydrogens (primary N) is 1. The fraction of sp³-hybridized carbons (Fsp3) is 0.407. The van der Waals surface area contributed by atoms with Gasteiger partial charge in [0.15, 0.2) is 0 Å². The van der Waals surface area contributed by atoms with Crippen LogP contribution in [0.25, 0.3) is 11.0 Å². The molecule has 2 aromatic carbocycles. The number of nitrogens with one attached hydrogen (secondary N) is 1. The highest BCUT2D eigenvalue weighted by Gasteiger charge is 2.51. The van der Waals surface area contributed by atoms with Crippen LogP contribution in [0.1, 0.15) is 60.0 Å². The zero-order valence-electron chi connectivity index (χ0n) is 18.1. The molecule has 4 saturated carbocycles. The summed E-state index contributed by atoms with van der Waals surface area (Å²) in [5.74, 6) is 1.83. The Kier molecular flexibility index (Phi) is 4.42. The Morgan fingerprint density at radius 3 is 2.31 bits per heavy atom. The lowest BCUT2D eigenvalue weighted by molar-refractivity contribution is -0.00513. The predicted octanol–water partition coefficient (Wildman–Crippen LogP) is 4.77. The van der Waals surface area contributed by atoms with Crippen LogP contribution in [0.2, 0.25) is 0 Å². The number of anilines is 1. The van der Waals surface area contributed by atoms with Crippen molar-refractivity contribution in [3.8, 4) is 0 Å². The summed E-state index contributed by atoms with van der Waals surface area (Å²) < 4.78 is 5.74. The highest BCUT2D eigenvalue weighted by molar-refractivity contribution is 6.00. The third kappa shape index (κ3) is 3.14. The normalized spacial score (nSPS) is 28.2. The maximum Gasteiger partial charge on any atom is 0.261 e. The first-order valence-electron chi connectivity index (χ1n) is 11.7. The van der Waals surface area contributed by atoms with Crippen molar-refractivity contribution in [3.05, 3.63) is 75.4 Å². The van der Waals surface area contributed by atoms with Gasteiger partial charge in [-0.15, -0.1) is 0 Å². The van der Waals surface area contributed by atoms with Gasteiger partial charge in [-0.05, 0) is 85.0 Å². The van der Waals surface area contributed by atoms with Gasteiger partial charge in [0.1, 0.15) is 11.1 Å². The van der Waals surface area contributed by atoms with E-state index in [1.807, 2.05) is 42.5 Å². The number of amides is 1. The Morgan fingerprint density at radius 1 is 1.00 bits per heavy atom. The molecule has 1 heterocycles. The summed E-state index contributed by atoms with van der Waals surface area (Å²) in [6.45, 7) is 0.323.